The molecule has 2 rings (SSSR count). The lowest BCUT2D eigenvalue weighted by Crippen LogP contribution is -2.41. The van der Waals surface area contributed by atoms with E-state index in [2.05, 4.69) is 46.0 Å². The smallest absolute Gasteiger partial charge is 0.0612 e. The molecule has 0 aromatic carbocycles. The zero-order chi connectivity index (χ0) is 14.0. The zero-order valence-electron chi connectivity index (χ0n) is 12.8. The molecule has 0 radical (unpaired) electrons. The molecule has 1 aliphatic rings. The molecule has 19 heavy (non-hydrogen) atoms. The Bertz CT molecular complexity index is 413. The van der Waals surface area contributed by atoms with E-state index in [0.29, 0.717) is 24.1 Å². The Kier molecular flexibility index (Phi) is 5.04. The minimum Gasteiger partial charge on any atom is -0.378 e. The molecule has 0 spiro atoms. The van der Waals surface area contributed by atoms with E-state index in [9.17, 15) is 0 Å². The van der Waals surface area contributed by atoms with Gasteiger partial charge < -0.3 is 10.1 Å². The lowest BCUT2D eigenvalue weighted by molar-refractivity contribution is -0.0257. The third-order valence-electron chi connectivity index (χ3n) is 4.09. The monoisotopic (exact) mass is 281 g/mol. The van der Waals surface area contributed by atoms with Gasteiger partial charge in [-0.2, -0.15) is 0 Å². The van der Waals surface area contributed by atoms with Gasteiger partial charge in [0.05, 0.1) is 6.10 Å². The molecular formula is C16H27NOS. The van der Waals surface area contributed by atoms with Crippen LogP contribution in [0, 0.1) is 19.8 Å². The maximum atomic E-state index is 5.85. The van der Waals surface area contributed by atoms with Gasteiger partial charge in [-0.3, -0.25) is 0 Å². The first-order valence-corrected chi connectivity index (χ1v) is 8.23. The molecule has 3 unspecified atom stereocenters. The summed E-state index contributed by atoms with van der Waals surface area (Å²) >= 11 is 1.90. The summed E-state index contributed by atoms with van der Waals surface area (Å²) in [4.78, 5) is 2.86. The van der Waals surface area contributed by atoms with Crippen LogP contribution in [0.25, 0.3) is 0 Å². The van der Waals surface area contributed by atoms with Crippen molar-refractivity contribution in [2.45, 2.75) is 65.6 Å². The van der Waals surface area contributed by atoms with Crippen molar-refractivity contribution in [1.82, 2.24) is 5.32 Å². The number of ether oxygens (including phenoxy) is 1. The van der Waals surface area contributed by atoms with E-state index >= 15 is 0 Å². The number of rotatable bonds is 4. The summed E-state index contributed by atoms with van der Waals surface area (Å²) in [5.74, 6) is 0.616. The maximum Gasteiger partial charge on any atom is 0.0612 e. The SMILES string of the molecule is Cc1cc(C(C)NC2CCOC(C(C)C)C2)c(C)s1. The van der Waals surface area contributed by atoms with Crippen molar-refractivity contribution in [3.63, 3.8) is 0 Å². The van der Waals surface area contributed by atoms with E-state index in [-0.39, 0.29) is 0 Å². The van der Waals surface area contributed by atoms with E-state index in [1.807, 2.05) is 11.3 Å². The van der Waals surface area contributed by atoms with Crippen LogP contribution in [0.5, 0.6) is 0 Å². The van der Waals surface area contributed by atoms with Crippen LogP contribution in [0.15, 0.2) is 6.07 Å². The minimum absolute atomic E-state index is 0.420. The van der Waals surface area contributed by atoms with Crippen LogP contribution in [-0.4, -0.2) is 18.8 Å². The quantitative estimate of drug-likeness (QED) is 0.892. The number of thiophene rings is 1. The van der Waals surface area contributed by atoms with E-state index < -0.39 is 0 Å². The van der Waals surface area contributed by atoms with Crippen molar-refractivity contribution in [2.24, 2.45) is 5.92 Å². The average Bonchev–Trinajstić information content (AvgIpc) is 2.69. The van der Waals surface area contributed by atoms with Gasteiger partial charge in [-0.15, -0.1) is 11.3 Å². The van der Waals surface area contributed by atoms with Crippen molar-refractivity contribution in [2.75, 3.05) is 6.61 Å². The molecule has 1 aliphatic heterocycles. The molecule has 3 atom stereocenters. The van der Waals surface area contributed by atoms with Crippen molar-refractivity contribution in [3.8, 4) is 0 Å². The molecule has 0 aliphatic carbocycles. The molecule has 0 bridgehead atoms. The van der Waals surface area contributed by atoms with Gasteiger partial charge in [0, 0.05) is 28.4 Å². The fourth-order valence-electron chi connectivity index (χ4n) is 2.97. The third-order valence-corrected chi connectivity index (χ3v) is 5.07. The zero-order valence-corrected chi connectivity index (χ0v) is 13.6. The highest BCUT2D eigenvalue weighted by Crippen LogP contribution is 2.28. The van der Waals surface area contributed by atoms with E-state index in [4.69, 9.17) is 4.74 Å². The third kappa shape index (κ3) is 3.80. The second-order valence-corrected chi connectivity index (χ2v) is 7.59. The predicted molar refractivity (Wildman–Crippen MR) is 82.9 cm³/mol. The Morgan fingerprint density at radius 1 is 1.32 bits per heavy atom. The normalized spacial score (nSPS) is 25.8. The molecule has 1 saturated heterocycles. The Hall–Kier alpha value is -0.380. The predicted octanol–water partition coefficient (Wildman–Crippen LogP) is 4.22. The molecule has 1 aromatic rings. The summed E-state index contributed by atoms with van der Waals surface area (Å²) in [6.07, 6.45) is 2.70. The molecule has 3 heteroatoms. The Morgan fingerprint density at radius 2 is 2.05 bits per heavy atom. The summed E-state index contributed by atoms with van der Waals surface area (Å²) in [7, 11) is 0. The molecular weight excluding hydrogens is 254 g/mol. The second kappa shape index (κ2) is 6.38. The molecule has 2 nitrogen and oxygen atoms in total. The largest absolute Gasteiger partial charge is 0.378 e. The van der Waals surface area contributed by atoms with Crippen LogP contribution in [0.4, 0.5) is 0 Å². The molecule has 0 amide bonds. The highest BCUT2D eigenvalue weighted by Gasteiger charge is 2.26. The van der Waals surface area contributed by atoms with Crippen molar-refractivity contribution in [3.05, 3.63) is 21.4 Å². The number of aryl methyl sites for hydroxylation is 2. The topological polar surface area (TPSA) is 21.3 Å². The van der Waals surface area contributed by atoms with Crippen LogP contribution in [0.1, 0.15) is 55.0 Å². The molecule has 1 fully saturated rings. The van der Waals surface area contributed by atoms with Gasteiger partial charge in [0.25, 0.3) is 0 Å². The van der Waals surface area contributed by atoms with Crippen molar-refractivity contribution >= 4 is 11.3 Å². The van der Waals surface area contributed by atoms with E-state index in [0.717, 1.165) is 19.4 Å². The Morgan fingerprint density at radius 3 is 2.63 bits per heavy atom. The number of hydrogen-bond acceptors (Lipinski definition) is 3. The summed E-state index contributed by atoms with van der Waals surface area (Å²) in [5.41, 5.74) is 1.47. The lowest BCUT2D eigenvalue weighted by Gasteiger charge is -2.34. The van der Waals surface area contributed by atoms with Gasteiger partial charge in [-0.1, -0.05) is 13.8 Å². The highest BCUT2D eigenvalue weighted by atomic mass is 32.1. The Balaban J connectivity index is 1.95. The van der Waals surface area contributed by atoms with Gasteiger partial charge in [0.2, 0.25) is 0 Å². The first-order valence-electron chi connectivity index (χ1n) is 7.42. The van der Waals surface area contributed by atoms with Gasteiger partial charge in [0.1, 0.15) is 0 Å². The minimum atomic E-state index is 0.420. The first kappa shape index (κ1) is 15.0. The van der Waals surface area contributed by atoms with E-state index in [1.54, 1.807) is 0 Å². The molecule has 108 valence electrons. The van der Waals surface area contributed by atoms with Gasteiger partial charge in [0.15, 0.2) is 0 Å². The summed E-state index contributed by atoms with van der Waals surface area (Å²) in [6, 6.07) is 3.37. The number of hydrogen-bond donors (Lipinski definition) is 1. The first-order chi connectivity index (χ1) is 8.97. The van der Waals surface area contributed by atoms with Crippen molar-refractivity contribution < 1.29 is 4.74 Å². The van der Waals surface area contributed by atoms with Crippen LogP contribution in [0.3, 0.4) is 0 Å². The fourth-order valence-corrected chi connectivity index (χ4v) is 3.99. The molecule has 1 aromatic heterocycles. The lowest BCUT2D eigenvalue weighted by atomic mass is 9.94. The second-order valence-electron chi connectivity index (χ2n) is 6.13. The highest BCUT2D eigenvalue weighted by molar-refractivity contribution is 7.12. The van der Waals surface area contributed by atoms with Crippen LogP contribution >= 0.6 is 11.3 Å². The Labute approximate surface area is 121 Å². The van der Waals surface area contributed by atoms with Crippen LogP contribution in [-0.2, 0) is 4.74 Å². The number of nitrogens with one attached hydrogen (secondary N) is 1. The summed E-state index contributed by atoms with van der Waals surface area (Å²) in [5, 5.41) is 3.80. The van der Waals surface area contributed by atoms with Gasteiger partial charge in [-0.05, 0) is 51.2 Å². The standard InChI is InChI=1S/C16H27NOS/c1-10(2)16-9-14(6-7-18-16)17-12(4)15-8-11(3)19-13(15)5/h8,10,12,14,16-17H,6-7,9H2,1-5H3. The molecule has 1 N–H and O–H groups in total. The van der Waals surface area contributed by atoms with Crippen LogP contribution < -0.4 is 5.32 Å². The fraction of sp³-hybridized carbons (Fsp3) is 0.750. The van der Waals surface area contributed by atoms with Gasteiger partial charge >= 0.3 is 0 Å². The van der Waals surface area contributed by atoms with Gasteiger partial charge in [-0.25, -0.2) is 0 Å². The van der Waals surface area contributed by atoms with E-state index in [1.165, 1.54) is 15.3 Å². The molecule has 0 saturated carbocycles. The summed E-state index contributed by atoms with van der Waals surface area (Å²) in [6.45, 7) is 12.1. The van der Waals surface area contributed by atoms with Crippen molar-refractivity contribution in [1.29, 1.82) is 0 Å². The average molecular weight is 281 g/mol. The van der Waals surface area contributed by atoms with Crippen LogP contribution in [0.2, 0.25) is 0 Å². The molecule has 2 heterocycles. The summed E-state index contributed by atoms with van der Waals surface area (Å²) < 4.78 is 5.85. The maximum absolute atomic E-state index is 5.85.